The molecule has 2 aliphatic carbocycles. The van der Waals surface area contributed by atoms with Crippen molar-refractivity contribution in [1.29, 1.82) is 0 Å². The molecule has 0 spiro atoms. The Labute approximate surface area is 209 Å². The third-order valence-electron chi connectivity index (χ3n) is 7.57. The van der Waals surface area contributed by atoms with Crippen LogP contribution in [0.2, 0.25) is 0 Å². The van der Waals surface area contributed by atoms with Crippen molar-refractivity contribution in [1.82, 2.24) is 15.3 Å². The number of nitrogens with zero attached hydrogens (tertiary/aromatic N) is 1. The van der Waals surface area contributed by atoms with Crippen LogP contribution in [0.5, 0.6) is 0 Å². The van der Waals surface area contributed by atoms with Gasteiger partial charge in [-0.3, -0.25) is 10.1 Å². The summed E-state index contributed by atoms with van der Waals surface area (Å²) < 4.78 is 0. The van der Waals surface area contributed by atoms with Crippen LogP contribution in [0.1, 0.15) is 77.5 Å². The van der Waals surface area contributed by atoms with Crippen LogP contribution in [0.3, 0.4) is 0 Å². The van der Waals surface area contributed by atoms with E-state index in [1.165, 1.54) is 19.3 Å². The molecule has 0 bridgehead atoms. The molecule has 0 aliphatic heterocycles. The summed E-state index contributed by atoms with van der Waals surface area (Å²) in [7, 11) is 0. The zero-order chi connectivity index (χ0) is 24.8. The van der Waals surface area contributed by atoms with Crippen LogP contribution in [-0.4, -0.2) is 33.3 Å². The Balaban J connectivity index is 1.37. The predicted molar refractivity (Wildman–Crippen MR) is 144 cm³/mol. The zero-order valence-corrected chi connectivity index (χ0v) is 21.1. The molecule has 188 valence electrons. The Bertz CT molecular complexity index is 1090. The number of rotatable bonds is 8. The molecule has 0 saturated heterocycles. The first-order valence-corrected chi connectivity index (χ1v) is 13.2. The van der Waals surface area contributed by atoms with E-state index in [4.69, 9.17) is 0 Å². The van der Waals surface area contributed by atoms with Gasteiger partial charge in [0.1, 0.15) is 12.1 Å². The summed E-state index contributed by atoms with van der Waals surface area (Å²) in [4.78, 5) is 20.7. The highest BCUT2D eigenvalue weighted by atomic mass is 16.3. The highest BCUT2D eigenvalue weighted by Crippen LogP contribution is 2.29. The number of H-pyrrole nitrogens is 1. The molecule has 35 heavy (non-hydrogen) atoms. The van der Waals surface area contributed by atoms with Crippen molar-refractivity contribution in [3.05, 3.63) is 54.4 Å². The van der Waals surface area contributed by atoms with E-state index < -0.39 is 6.23 Å². The second-order valence-corrected chi connectivity index (χ2v) is 10.3. The molecule has 6 nitrogen and oxygen atoms in total. The molecule has 4 N–H and O–H groups in total. The van der Waals surface area contributed by atoms with Crippen molar-refractivity contribution < 1.29 is 9.90 Å². The van der Waals surface area contributed by atoms with Crippen LogP contribution in [0.4, 0.5) is 5.69 Å². The lowest BCUT2D eigenvalue weighted by atomic mass is 9.82. The first kappa shape index (κ1) is 25.4. The second-order valence-electron chi connectivity index (χ2n) is 10.3. The van der Waals surface area contributed by atoms with Crippen molar-refractivity contribution in [2.45, 2.75) is 83.9 Å². The lowest BCUT2D eigenvalue weighted by Gasteiger charge is -2.26. The number of allylic oxidation sites excluding steroid dienone is 3. The SMILES string of the molecule is C=C(/C=C\C(=C/C)C(O)NC1CCCCC1)c1nc2ccc(NC(=O)C3CCC(C)CC3)cc2[nH]1. The fourth-order valence-corrected chi connectivity index (χ4v) is 5.22. The highest BCUT2D eigenvalue weighted by molar-refractivity contribution is 5.94. The number of aliphatic hydroxyl groups excluding tert-OH is 1. The third kappa shape index (κ3) is 6.71. The van der Waals surface area contributed by atoms with Crippen molar-refractivity contribution in [2.24, 2.45) is 11.8 Å². The number of aromatic nitrogens is 2. The van der Waals surface area contributed by atoms with Gasteiger partial charge < -0.3 is 15.4 Å². The number of amides is 1. The number of benzene rings is 1. The van der Waals surface area contributed by atoms with Gasteiger partial charge in [0.2, 0.25) is 5.91 Å². The van der Waals surface area contributed by atoms with Crippen LogP contribution in [0.25, 0.3) is 16.6 Å². The maximum atomic E-state index is 12.7. The quantitative estimate of drug-likeness (QED) is 0.274. The molecule has 0 radical (unpaired) electrons. The van der Waals surface area contributed by atoms with Crippen molar-refractivity contribution >= 4 is 28.2 Å². The lowest BCUT2D eigenvalue weighted by Crippen LogP contribution is -2.40. The fourth-order valence-electron chi connectivity index (χ4n) is 5.22. The minimum absolute atomic E-state index is 0.105. The number of imidazole rings is 1. The zero-order valence-electron chi connectivity index (χ0n) is 21.1. The van der Waals surface area contributed by atoms with E-state index in [2.05, 4.69) is 34.1 Å². The van der Waals surface area contributed by atoms with Crippen LogP contribution in [-0.2, 0) is 4.79 Å². The minimum Gasteiger partial charge on any atom is -0.374 e. The molecule has 1 aromatic carbocycles. The number of fused-ring (bicyclic) bond motifs is 1. The average Bonchev–Trinajstić information content (AvgIpc) is 3.29. The Morgan fingerprint density at radius 2 is 1.89 bits per heavy atom. The number of aromatic amines is 1. The summed E-state index contributed by atoms with van der Waals surface area (Å²) in [6.45, 7) is 8.35. The number of aliphatic hydroxyl groups is 1. The van der Waals surface area contributed by atoms with Crippen molar-refractivity contribution in [3.8, 4) is 0 Å². The molecular formula is C29H40N4O2. The Morgan fingerprint density at radius 3 is 2.60 bits per heavy atom. The number of hydrogen-bond donors (Lipinski definition) is 4. The van der Waals surface area contributed by atoms with E-state index in [-0.39, 0.29) is 11.8 Å². The monoisotopic (exact) mass is 476 g/mol. The van der Waals surface area contributed by atoms with Gasteiger partial charge in [0.15, 0.2) is 0 Å². The minimum atomic E-state index is -0.693. The molecule has 1 heterocycles. The van der Waals surface area contributed by atoms with E-state index in [9.17, 15) is 9.90 Å². The molecule has 1 unspecified atom stereocenters. The molecule has 4 rings (SSSR count). The van der Waals surface area contributed by atoms with Crippen LogP contribution in [0.15, 0.2) is 48.6 Å². The largest absolute Gasteiger partial charge is 0.374 e. The maximum Gasteiger partial charge on any atom is 0.227 e. The van der Waals surface area contributed by atoms with Gasteiger partial charge in [0.05, 0.1) is 11.0 Å². The fraction of sp³-hybridized carbons (Fsp3) is 0.517. The predicted octanol–water partition coefficient (Wildman–Crippen LogP) is 6.08. The summed E-state index contributed by atoms with van der Waals surface area (Å²) >= 11 is 0. The topological polar surface area (TPSA) is 90.0 Å². The third-order valence-corrected chi connectivity index (χ3v) is 7.57. The summed E-state index contributed by atoms with van der Waals surface area (Å²) in [5, 5.41) is 17.1. The molecule has 2 fully saturated rings. The van der Waals surface area contributed by atoms with Gasteiger partial charge in [0, 0.05) is 23.2 Å². The van der Waals surface area contributed by atoms with Crippen molar-refractivity contribution in [2.75, 3.05) is 5.32 Å². The van der Waals surface area contributed by atoms with Gasteiger partial charge in [0.25, 0.3) is 0 Å². The first-order valence-electron chi connectivity index (χ1n) is 13.2. The van der Waals surface area contributed by atoms with E-state index in [0.29, 0.717) is 11.9 Å². The maximum absolute atomic E-state index is 12.7. The molecule has 1 amide bonds. The van der Waals surface area contributed by atoms with Gasteiger partial charge in [-0.15, -0.1) is 0 Å². The molecule has 6 heteroatoms. The van der Waals surface area contributed by atoms with Crippen molar-refractivity contribution in [3.63, 3.8) is 0 Å². The number of anilines is 1. The van der Waals surface area contributed by atoms with E-state index in [1.54, 1.807) is 0 Å². The Morgan fingerprint density at radius 1 is 1.14 bits per heavy atom. The Hall–Kier alpha value is -2.70. The smallest absolute Gasteiger partial charge is 0.227 e. The standard InChI is InChI=1S/C29H40N4O2/c1-4-21(28(34)30-23-8-6-5-7-9-23)15-12-20(3)27-32-25-17-16-24(18-26(25)33-27)31-29(35)22-13-10-19(2)11-14-22/h4,12,15-19,22-23,28,30,34H,3,5-11,13-14H2,1-2H3,(H,31,35)(H,32,33)/b15-12-,21-4+. The summed E-state index contributed by atoms with van der Waals surface area (Å²) in [6, 6.07) is 6.12. The van der Waals surface area contributed by atoms with Gasteiger partial charge in [-0.1, -0.05) is 51.0 Å². The van der Waals surface area contributed by atoms with Gasteiger partial charge in [-0.05, 0) is 75.1 Å². The van der Waals surface area contributed by atoms with E-state index in [0.717, 1.165) is 72.3 Å². The van der Waals surface area contributed by atoms with E-state index >= 15 is 0 Å². The second kappa shape index (κ2) is 11.8. The van der Waals surface area contributed by atoms with Gasteiger partial charge in [-0.25, -0.2) is 4.98 Å². The highest BCUT2D eigenvalue weighted by Gasteiger charge is 2.24. The number of carbonyl (C=O) groups is 1. The number of hydrogen-bond acceptors (Lipinski definition) is 4. The molecule has 2 aromatic rings. The number of carbonyl (C=O) groups excluding carboxylic acids is 1. The lowest BCUT2D eigenvalue weighted by molar-refractivity contribution is -0.121. The molecule has 1 aromatic heterocycles. The summed E-state index contributed by atoms with van der Waals surface area (Å²) in [5.41, 5.74) is 4.01. The Kier molecular flexibility index (Phi) is 8.58. The normalized spacial score (nSPS) is 23.0. The molecule has 2 aliphatic rings. The molecule has 2 saturated carbocycles. The van der Waals surface area contributed by atoms with Gasteiger partial charge >= 0.3 is 0 Å². The summed E-state index contributed by atoms with van der Waals surface area (Å²) in [5.74, 6) is 1.61. The molecular weight excluding hydrogens is 436 g/mol. The van der Waals surface area contributed by atoms with Crippen LogP contribution < -0.4 is 10.6 Å². The molecule has 1 atom stereocenters. The number of nitrogens with one attached hydrogen (secondary N) is 3. The van der Waals surface area contributed by atoms with Crippen LogP contribution >= 0.6 is 0 Å². The van der Waals surface area contributed by atoms with E-state index in [1.807, 2.05) is 43.4 Å². The summed E-state index contributed by atoms with van der Waals surface area (Å²) in [6.07, 6.45) is 15.2. The average molecular weight is 477 g/mol. The van der Waals surface area contributed by atoms with Crippen LogP contribution in [0, 0.1) is 11.8 Å². The van der Waals surface area contributed by atoms with Gasteiger partial charge in [-0.2, -0.15) is 0 Å². The first-order chi connectivity index (χ1) is 16.9.